The summed E-state index contributed by atoms with van der Waals surface area (Å²) in [5, 5.41) is 0. The molecular formula is C11H11F7O4. The number of carbonyl (C=O) groups excluding carboxylic acids is 2. The quantitative estimate of drug-likeness (QED) is 0.179. The molecule has 0 saturated heterocycles. The smallest absolute Gasteiger partial charge is 0.460 e. The lowest BCUT2D eigenvalue weighted by atomic mass is 10.0. The molecule has 22 heavy (non-hydrogen) atoms. The normalized spacial score (nSPS) is 13.8. The summed E-state index contributed by atoms with van der Waals surface area (Å²) in [6.45, 7) is 1.78. The maximum atomic E-state index is 13.2. The number of hydrogen-bond acceptors (Lipinski definition) is 4. The molecule has 0 aliphatic rings. The van der Waals surface area contributed by atoms with Crippen LogP contribution in [0.25, 0.3) is 0 Å². The highest BCUT2D eigenvalue weighted by Gasteiger charge is 2.76. The van der Waals surface area contributed by atoms with Gasteiger partial charge in [0.1, 0.15) is 11.8 Å². The molecule has 4 nitrogen and oxygen atoms in total. The van der Waals surface area contributed by atoms with E-state index in [1.54, 1.807) is 0 Å². The van der Waals surface area contributed by atoms with Crippen molar-refractivity contribution in [3.05, 3.63) is 11.8 Å². The number of ketones is 1. The zero-order valence-corrected chi connectivity index (χ0v) is 11.3. The monoisotopic (exact) mass is 340 g/mol. The van der Waals surface area contributed by atoms with Gasteiger partial charge in [-0.15, -0.1) is 0 Å². The van der Waals surface area contributed by atoms with Gasteiger partial charge in [0.05, 0.1) is 13.2 Å². The van der Waals surface area contributed by atoms with Crippen LogP contribution in [-0.4, -0.2) is 43.0 Å². The summed E-state index contributed by atoms with van der Waals surface area (Å²) in [5.74, 6) is -17.7. The summed E-state index contributed by atoms with van der Waals surface area (Å²) in [4.78, 5) is 22.6. The number of carbonyl (C=O) groups is 2. The second-order valence-corrected chi connectivity index (χ2v) is 3.68. The molecule has 0 saturated carbocycles. The van der Waals surface area contributed by atoms with Gasteiger partial charge in [-0.25, -0.2) is 4.79 Å². The van der Waals surface area contributed by atoms with Crippen molar-refractivity contribution in [2.75, 3.05) is 13.2 Å². The molecule has 0 fully saturated rings. The first-order valence-corrected chi connectivity index (χ1v) is 5.70. The van der Waals surface area contributed by atoms with E-state index in [0.29, 0.717) is 0 Å². The van der Waals surface area contributed by atoms with E-state index in [0.717, 1.165) is 0 Å². The van der Waals surface area contributed by atoms with Crippen LogP contribution in [0.15, 0.2) is 11.8 Å². The molecule has 0 rings (SSSR count). The van der Waals surface area contributed by atoms with Crippen LogP contribution in [-0.2, 0) is 19.1 Å². The standard InChI is InChI=1S/C11H11F7O4/c1-3-21-5-6(8(20)22-4-2)7(19)9(12,13)10(14,15)11(16,17)18/h5H,3-4H2,1-2H3. The van der Waals surface area contributed by atoms with Crippen molar-refractivity contribution in [2.45, 2.75) is 31.9 Å². The Balaban J connectivity index is 5.78. The molecule has 11 heteroatoms. The van der Waals surface area contributed by atoms with Gasteiger partial charge in [0.2, 0.25) is 5.78 Å². The molecule has 0 aromatic heterocycles. The predicted molar refractivity (Wildman–Crippen MR) is 57.3 cm³/mol. The van der Waals surface area contributed by atoms with E-state index < -0.39 is 42.0 Å². The summed E-state index contributed by atoms with van der Waals surface area (Å²) >= 11 is 0. The van der Waals surface area contributed by atoms with Gasteiger partial charge in [0, 0.05) is 0 Å². The van der Waals surface area contributed by atoms with Gasteiger partial charge in [0.15, 0.2) is 0 Å². The molecule has 0 radical (unpaired) electrons. The Morgan fingerprint density at radius 3 is 1.82 bits per heavy atom. The molecule has 0 atom stereocenters. The summed E-state index contributed by atoms with van der Waals surface area (Å²) in [7, 11) is 0. The molecule has 0 bridgehead atoms. The third-order valence-electron chi connectivity index (χ3n) is 2.14. The van der Waals surface area contributed by atoms with E-state index in [9.17, 15) is 40.3 Å². The van der Waals surface area contributed by atoms with E-state index in [4.69, 9.17) is 0 Å². The van der Waals surface area contributed by atoms with Crippen molar-refractivity contribution < 1.29 is 49.8 Å². The summed E-state index contributed by atoms with van der Waals surface area (Å²) in [6.07, 6.45) is -6.64. The van der Waals surface area contributed by atoms with E-state index in [-0.39, 0.29) is 12.9 Å². The van der Waals surface area contributed by atoms with Gasteiger partial charge in [-0.05, 0) is 13.8 Å². The third-order valence-corrected chi connectivity index (χ3v) is 2.14. The van der Waals surface area contributed by atoms with Crippen LogP contribution in [0.1, 0.15) is 13.8 Å². The van der Waals surface area contributed by atoms with Gasteiger partial charge in [-0.3, -0.25) is 4.79 Å². The fraction of sp³-hybridized carbons (Fsp3) is 0.636. The van der Waals surface area contributed by atoms with Gasteiger partial charge in [-0.2, -0.15) is 30.7 Å². The van der Waals surface area contributed by atoms with E-state index in [2.05, 4.69) is 9.47 Å². The van der Waals surface area contributed by atoms with E-state index >= 15 is 0 Å². The maximum absolute atomic E-state index is 13.2. The zero-order chi connectivity index (χ0) is 17.8. The lowest BCUT2D eigenvalue weighted by Gasteiger charge is -2.27. The molecule has 0 aromatic carbocycles. The van der Waals surface area contributed by atoms with Crippen molar-refractivity contribution in [2.24, 2.45) is 0 Å². The Morgan fingerprint density at radius 2 is 1.45 bits per heavy atom. The average molecular weight is 340 g/mol. The zero-order valence-electron chi connectivity index (χ0n) is 11.3. The highest BCUT2D eigenvalue weighted by molar-refractivity contribution is 6.20. The Labute approximate surface area is 119 Å². The Kier molecular flexibility index (Phi) is 6.39. The van der Waals surface area contributed by atoms with Crippen LogP contribution in [0.5, 0.6) is 0 Å². The van der Waals surface area contributed by atoms with Crippen molar-refractivity contribution >= 4 is 11.8 Å². The Morgan fingerprint density at radius 1 is 0.955 bits per heavy atom. The number of halogens is 7. The number of esters is 1. The van der Waals surface area contributed by atoms with Crippen LogP contribution in [0, 0.1) is 0 Å². The van der Waals surface area contributed by atoms with Gasteiger partial charge < -0.3 is 9.47 Å². The van der Waals surface area contributed by atoms with Gasteiger partial charge in [0.25, 0.3) is 0 Å². The topological polar surface area (TPSA) is 52.6 Å². The SMILES string of the molecule is CCOC=C(C(=O)OCC)C(=O)C(F)(F)C(F)(F)C(F)(F)F. The Hall–Kier alpha value is -1.81. The molecule has 0 heterocycles. The molecule has 0 aliphatic carbocycles. The summed E-state index contributed by atoms with van der Waals surface area (Å²) in [6, 6.07) is 0. The number of alkyl halides is 7. The summed E-state index contributed by atoms with van der Waals surface area (Å²) in [5.41, 5.74) is -1.75. The fourth-order valence-corrected chi connectivity index (χ4v) is 1.06. The summed E-state index contributed by atoms with van der Waals surface area (Å²) < 4.78 is 96.5. The van der Waals surface area contributed by atoms with Crippen molar-refractivity contribution in [1.82, 2.24) is 0 Å². The lowest BCUT2D eigenvalue weighted by Crippen LogP contribution is -2.57. The average Bonchev–Trinajstić information content (AvgIpc) is 2.37. The first kappa shape index (κ1) is 20.2. The van der Waals surface area contributed by atoms with Gasteiger partial charge >= 0.3 is 24.0 Å². The highest BCUT2D eigenvalue weighted by Crippen LogP contribution is 2.47. The molecule has 0 aliphatic heterocycles. The number of hydrogen-bond donors (Lipinski definition) is 0. The molecule has 0 N–H and O–H groups in total. The minimum absolute atomic E-state index is 0.0562. The fourth-order valence-electron chi connectivity index (χ4n) is 1.06. The van der Waals surface area contributed by atoms with Gasteiger partial charge in [-0.1, -0.05) is 0 Å². The van der Waals surface area contributed by atoms with E-state index in [1.807, 2.05) is 0 Å². The van der Waals surface area contributed by atoms with Crippen LogP contribution in [0.2, 0.25) is 0 Å². The lowest BCUT2D eigenvalue weighted by molar-refractivity contribution is -0.342. The number of Topliss-reactive ketones (excluding diaryl/α,β-unsaturated/α-hetero) is 1. The Bertz CT molecular complexity index is 454. The molecule has 0 amide bonds. The first-order chi connectivity index (χ1) is 9.84. The molecular weight excluding hydrogens is 329 g/mol. The van der Waals surface area contributed by atoms with Crippen LogP contribution < -0.4 is 0 Å². The number of rotatable bonds is 7. The maximum Gasteiger partial charge on any atom is 0.460 e. The van der Waals surface area contributed by atoms with Crippen LogP contribution in [0.4, 0.5) is 30.7 Å². The van der Waals surface area contributed by atoms with Crippen molar-refractivity contribution in [3.63, 3.8) is 0 Å². The second-order valence-electron chi connectivity index (χ2n) is 3.68. The minimum Gasteiger partial charge on any atom is -0.500 e. The minimum atomic E-state index is -6.70. The molecule has 0 aromatic rings. The van der Waals surface area contributed by atoms with Crippen LogP contribution >= 0.6 is 0 Å². The van der Waals surface area contributed by atoms with Crippen molar-refractivity contribution in [1.29, 1.82) is 0 Å². The first-order valence-electron chi connectivity index (χ1n) is 5.70. The molecule has 128 valence electrons. The molecule has 0 spiro atoms. The third kappa shape index (κ3) is 3.89. The highest BCUT2D eigenvalue weighted by atomic mass is 19.4. The molecule has 0 unspecified atom stereocenters. The predicted octanol–water partition coefficient (Wildman–Crippen LogP) is 2.87. The largest absolute Gasteiger partial charge is 0.500 e. The second kappa shape index (κ2) is 6.97. The number of ether oxygens (including phenoxy) is 2. The van der Waals surface area contributed by atoms with Crippen LogP contribution in [0.3, 0.4) is 0 Å². The van der Waals surface area contributed by atoms with E-state index in [1.165, 1.54) is 13.8 Å². The van der Waals surface area contributed by atoms with Crippen molar-refractivity contribution in [3.8, 4) is 0 Å².